The van der Waals surface area contributed by atoms with Gasteiger partial charge in [0.05, 0.1) is 17.6 Å². The number of aromatic amines is 1. The number of primary amides is 1. The Bertz CT molecular complexity index is 1950. The van der Waals surface area contributed by atoms with Crippen molar-refractivity contribution in [1.82, 2.24) is 19.9 Å². The summed E-state index contributed by atoms with van der Waals surface area (Å²) >= 11 is 0. The highest BCUT2D eigenvalue weighted by atomic mass is 16.3. The van der Waals surface area contributed by atoms with Gasteiger partial charge in [0.1, 0.15) is 5.82 Å². The highest BCUT2D eigenvalue weighted by Gasteiger charge is 2.19. The van der Waals surface area contributed by atoms with E-state index in [4.69, 9.17) is 10.7 Å². The molecule has 8 heteroatoms. The lowest BCUT2D eigenvalue weighted by Gasteiger charge is -2.24. The zero-order valence-corrected chi connectivity index (χ0v) is 28.0. The number of amides is 1. The maximum Gasteiger partial charge on any atom is 0.219 e. The van der Waals surface area contributed by atoms with E-state index in [0.717, 1.165) is 88.9 Å². The number of hydrogen-bond acceptors (Lipinski definition) is 5. The third-order valence-corrected chi connectivity index (χ3v) is 9.06. The lowest BCUT2D eigenvalue weighted by molar-refractivity contribution is -0.118. The molecule has 0 saturated carbocycles. The molecule has 0 aliphatic heterocycles. The Kier molecular flexibility index (Phi) is 10.5. The predicted molar refractivity (Wildman–Crippen MR) is 196 cm³/mol. The van der Waals surface area contributed by atoms with Gasteiger partial charge in [-0.3, -0.25) is 4.79 Å². The average molecular weight is 643 g/mol. The van der Waals surface area contributed by atoms with E-state index in [9.17, 15) is 9.90 Å². The van der Waals surface area contributed by atoms with Crippen LogP contribution in [0.15, 0.2) is 97.2 Å². The van der Waals surface area contributed by atoms with Gasteiger partial charge in [-0.2, -0.15) is 0 Å². The van der Waals surface area contributed by atoms with E-state index < -0.39 is 0 Å². The van der Waals surface area contributed by atoms with Crippen molar-refractivity contribution in [3.8, 4) is 11.4 Å². The number of nitrogens with one attached hydrogen (secondary N) is 2. The molecule has 0 aliphatic rings. The maximum absolute atomic E-state index is 12.2. The zero-order chi connectivity index (χ0) is 33.5. The fraction of sp³-hybridized carbons (Fsp3) is 0.300. The van der Waals surface area contributed by atoms with Gasteiger partial charge in [0.25, 0.3) is 0 Å². The summed E-state index contributed by atoms with van der Waals surface area (Å²) in [6.07, 6.45) is 5.15. The molecular weight excluding hydrogens is 596 g/mol. The number of hydrogen-bond donors (Lipinski definition) is 4. The maximum atomic E-state index is 12.2. The molecule has 6 rings (SSSR count). The number of carbonyl (C=O) groups is 1. The summed E-state index contributed by atoms with van der Waals surface area (Å²) in [7, 11) is 0. The molecular formula is C40H46N6O2. The van der Waals surface area contributed by atoms with Crippen LogP contribution in [0.4, 0.5) is 5.69 Å². The molecule has 0 spiro atoms. The first kappa shape index (κ1) is 33.0. The summed E-state index contributed by atoms with van der Waals surface area (Å²) in [5.74, 6) is 0.560. The highest BCUT2D eigenvalue weighted by molar-refractivity contribution is 5.82. The van der Waals surface area contributed by atoms with Crippen LogP contribution in [0.3, 0.4) is 0 Å². The second-order valence-corrected chi connectivity index (χ2v) is 12.6. The Balaban J connectivity index is 1.32. The van der Waals surface area contributed by atoms with Crippen LogP contribution in [0.2, 0.25) is 0 Å². The van der Waals surface area contributed by atoms with Crippen molar-refractivity contribution in [2.45, 2.75) is 65.3 Å². The van der Waals surface area contributed by atoms with Gasteiger partial charge in [-0.25, -0.2) is 4.98 Å². The van der Waals surface area contributed by atoms with Gasteiger partial charge in [-0.15, -0.1) is 0 Å². The van der Waals surface area contributed by atoms with Gasteiger partial charge in [-0.1, -0.05) is 50.2 Å². The Hall–Kier alpha value is -4.92. The number of fused-ring (bicyclic) bond motifs is 2. The second-order valence-electron chi connectivity index (χ2n) is 12.6. The number of aliphatic hydroxyl groups excluding tert-OH is 1. The molecule has 8 nitrogen and oxygen atoms in total. The molecule has 2 heterocycles. The molecule has 6 aromatic rings. The van der Waals surface area contributed by atoms with E-state index in [1.54, 1.807) is 0 Å². The summed E-state index contributed by atoms with van der Waals surface area (Å²) in [6, 6.07) is 31.4. The number of nitrogens with zero attached hydrogens (tertiary/aromatic N) is 3. The number of carbonyl (C=O) groups excluding carboxylic acids is 1. The van der Waals surface area contributed by atoms with Crippen molar-refractivity contribution >= 4 is 33.5 Å². The first-order chi connectivity index (χ1) is 23.4. The van der Waals surface area contributed by atoms with Gasteiger partial charge in [-0.05, 0) is 101 Å². The Labute approximate surface area is 282 Å². The number of H-pyrrole nitrogens is 1. The molecule has 48 heavy (non-hydrogen) atoms. The third-order valence-electron chi connectivity index (χ3n) is 9.06. The summed E-state index contributed by atoms with van der Waals surface area (Å²) in [4.78, 5) is 23.1. The number of benzene rings is 4. The molecule has 0 fully saturated rings. The van der Waals surface area contributed by atoms with E-state index in [0.29, 0.717) is 6.54 Å². The second kappa shape index (κ2) is 15.3. The fourth-order valence-corrected chi connectivity index (χ4v) is 6.56. The van der Waals surface area contributed by atoms with E-state index >= 15 is 0 Å². The van der Waals surface area contributed by atoms with Crippen molar-refractivity contribution in [1.29, 1.82) is 0 Å². The summed E-state index contributed by atoms with van der Waals surface area (Å²) in [5.41, 5.74) is 15.3. The van der Waals surface area contributed by atoms with Crippen molar-refractivity contribution in [2.24, 2.45) is 5.73 Å². The molecule has 4 aromatic carbocycles. The minimum atomic E-state index is -0.354. The van der Waals surface area contributed by atoms with E-state index in [1.807, 2.05) is 18.3 Å². The Morgan fingerprint density at radius 2 is 1.65 bits per heavy atom. The van der Waals surface area contributed by atoms with Gasteiger partial charge in [0.2, 0.25) is 5.91 Å². The number of anilines is 1. The lowest BCUT2D eigenvalue weighted by atomic mass is 10.0. The van der Waals surface area contributed by atoms with Gasteiger partial charge >= 0.3 is 0 Å². The number of rotatable bonds is 16. The normalized spacial score (nSPS) is 12.1. The number of nitrogens with two attached hydrogens (primary N) is 1. The van der Waals surface area contributed by atoms with Gasteiger partial charge in [0, 0.05) is 61.6 Å². The number of aromatic nitrogens is 3. The third kappa shape index (κ3) is 7.62. The summed E-state index contributed by atoms with van der Waals surface area (Å²) in [6.45, 7) is 7.89. The molecule has 0 aliphatic carbocycles. The van der Waals surface area contributed by atoms with Crippen molar-refractivity contribution in [3.05, 3.63) is 119 Å². The number of aryl methyl sites for hydroxylation is 2. The molecule has 2 aromatic heterocycles. The van der Waals surface area contributed by atoms with E-state index in [-0.39, 0.29) is 25.0 Å². The van der Waals surface area contributed by atoms with Crippen molar-refractivity contribution in [2.75, 3.05) is 18.0 Å². The van der Waals surface area contributed by atoms with E-state index in [2.05, 4.69) is 112 Å². The quantitative estimate of drug-likeness (QED) is 0.0889. The number of aliphatic hydroxyl groups is 1. The summed E-state index contributed by atoms with van der Waals surface area (Å²) < 4.78 is 2.30. The minimum absolute atomic E-state index is 0.0383. The molecule has 5 N–H and O–H groups in total. The van der Waals surface area contributed by atoms with Crippen LogP contribution in [0.1, 0.15) is 61.4 Å². The van der Waals surface area contributed by atoms with Gasteiger partial charge < -0.3 is 30.6 Å². The standard InChI is InChI=1S/C40H46N6O2/c1-3-20-45(21-4-2)34-13-10-31(11-14-34)40-44-37-24-32(12-16-38(37)46(40)22-18-28-5-7-29(27-47)8-6-28)36(25-39(41)48)43-26-30-9-15-35-33(23-30)17-19-42-35/h5-17,19,23-24,36,42-43,47H,3-4,18,20-22,25-27H2,1-2H3,(H2,41,48). The smallest absolute Gasteiger partial charge is 0.219 e. The topological polar surface area (TPSA) is 112 Å². The predicted octanol–water partition coefficient (Wildman–Crippen LogP) is 7.25. The zero-order valence-electron chi connectivity index (χ0n) is 28.0. The molecule has 1 atom stereocenters. The first-order valence-electron chi connectivity index (χ1n) is 17.1. The van der Waals surface area contributed by atoms with Gasteiger partial charge in [0.15, 0.2) is 0 Å². The minimum Gasteiger partial charge on any atom is -0.392 e. The average Bonchev–Trinajstić information content (AvgIpc) is 3.73. The molecule has 0 bridgehead atoms. The van der Waals surface area contributed by atoms with Crippen LogP contribution >= 0.6 is 0 Å². The highest BCUT2D eigenvalue weighted by Crippen LogP contribution is 2.30. The SMILES string of the molecule is CCCN(CCC)c1ccc(-c2nc3cc(C(CC(N)=O)NCc4ccc5[nH]ccc5c4)ccc3n2CCc2ccc(CO)cc2)cc1. The molecule has 248 valence electrons. The van der Waals surface area contributed by atoms with Crippen LogP contribution in [0.5, 0.6) is 0 Å². The van der Waals surface area contributed by atoms with Crippen molar-refractivity contribution < 1.29 is 9.90 Å². The van der Waals surface area contributed by atoms with Crippen molar-refractivity contribution in [3.63, 3.8) is 0 Å². The molecule has 1 amide bonds. The van der Waals surface area contributed by atoms with Crippen LogP contribution in [0, 0.1) is 0 Å². The van der Waals surface area contributed by atoms with Crippen LogP contribution < -0.4 is 16.0 Å². The largest absolute Gasteiger partial charge is 0.392 e. The molecule has 1 unspecified atom stereocenters. The lowest BCUT2D eigenvalue weighted by Crippen LogP contribution is -2.26. The van der Waals surface area contributed by atoms with E-state index in [1.165, 1.54) is 11.3 Å². The monoisotopic (exact) mass is 642 g/mol. The molecule has 0 radical (unpaired) electrons. The number of imidazole rings is 1. The van der Waals surface area contributed by atoms with Crippen LogP contribution in [-0.2, 0) is 30.9 Å². The van der Waals surface area contributed by atoms with Crippen LogP contribution in [-0.4, -0.2) is 38.6 Å². The Morgan fingerprint density at radius 3 is 2.35 bits per heavy atom. The first-order valence-corrected chi connectivity index (χ1v) is 17.1. The summed E-state index contributed by atoms with van der Waals surface area (Å²) in [5, 5.41) is 14.2. The Morgan fingerprint density at radius 1 is 0.917 bits per heavy atom. The van der Waals surface area contributed by atoms with Crippen LogP contribution in [0.25, 0.3) is 33.3 Å². The fourth-order valence-electron chi connectivity index (χ4n) is 6.56. The molecule has 0 saturated heterocycles.